The quantitative estimate of drug-likeness (QED) is 0.680. The maximum Gasteiger partial charge on any atom is -0.00160 e. The molecule has 2 nitrogen and oxygen atoms in total. The van der Waals surface area contributed by atoms with Crippen LogP contribution < -0.4 is 5.32 Å². The van der Waals surface area contributed by atoms with E-state index in [1.165, 1.54) is 51.9 Å². The summed E-state index contributed by atoms with van der Waals surface area (Å²) in [5.74, 6) is 1.87. The highest BCUT2D eigenvalue weighted by Gasteiger charge is 2.20. The molecule has 90 valence electrons. The molecule has 15 heavy (non-hydrogen) atoms. The minimum absolute atomic E-state index is 0.886. The van der Waals surface area contributed by atoms with Gasteiger partial charge in [-0.2, -0.15) is 0 Å². The Hall–Kier alpha value is -0.0800. The minimum Gasteiger partial charge on any atom is -0.320 e. The van der Waals surface area contributed by atoms with Crippen molar-refractivity contribution in [1.29, 1.82) is 0 Å². The zero-order chi connectivity index (χ0) is 11.1. The van der Waals surface area contributed by atoms with E-state index in [0.717, 1.165) is 11.8 Å². The van der Waals surface area contributed by atoms with Crippen molar-refractivity contribution in [2.24, 2.45) is 11.8 Å². The number of rotatable bonds is 6. The maximum atomic E-state index is 3.21. The first-order valence-electron chi connectivity index (χ1n) is 6.61. The van der Waals surface area contributed by atoms with E-state index in [1.807, 2.05) is 7.05 Å². The molecular weight excluding hydrogens is 184 g/mol. The molecule has 0 bridgehead atoms. The summed E-state index contributed by atoms with van der Waals surface area (Å²) >= 11 is 0. The molecule has 1 rings (SSSR count). The molecule has 0 radical (unpaired) electrons. The van der Waals surface area contributed by atoms with Crippen LogP contribution in [0.25, 0.3) is 0 Å². The molecule has 0 atom stereocenters. The number of piperidine rings is 1. The van der Waals surface area contributed by atoms with Crippen LogP contribution in [0.5, 0.6) is 0 Å². The molecule has 1 heterocycles. The summed E-state index contributed by atoms with van der Waals surface area (Å²) in [6.45, 7) is 9.89. The Balaban J connectivity index is 2.04. The third-order valence-corrected chi connectivity index (χ3v) is 3.73. The Labute approximate surface area is 95.4 Å². The zero-order valence-corrected chi connectivity index (χ0v) is 10.8. The van der Waals surface area contributed by atoms with Gasteiger partial charge < -0.3 is 10.2 Å². The van der Waals surface area contributed by atoms with Crippen molar-refractivity contribution in [1.82, 2.24) is 10.2 Å². The fourth-order valence-electron chi connectivity index (χ4n) is 2.48. The molecular formula is C13H28N2. The van der Waals surface area contributed by atoms with E-state index in [1.54, 1.807) is 0 Å². The molecule has 0 aromatic rings. The van der Waals surface area contributed by atoms with Crippen LogP contribution in [-0.4, -0.2) is 38.1 Å². The van der Waals surface area contributed by atoms with Gasteiger partial charge in [0.25, 0.3) is 0 Å². The van der Waals surface area contributed by atoms with Gasteiger partial charge in [0.15, 0.2) is 0 Å². The SMILES string of the molecule is CNCCCCN1CCC(C(C)C)CC1. The summed E-state index contributed by atoms with van der Waals surface area (Å²) in [6, 6.07) is 0. The third-order valence-electron chi connectivity index (χ3n) is 3.73. The van der Waals surface area contributed by atoms with Crippen LogP contribution in [0.3, 0.4) is 0 Å². The van der Waals surface area contributed by atoms with Gasteiger partial charge in [0.05, 0.1) is 0 Å². The van der Waals surface area contributed by atoms with Gasteiger partial charge >= 0.3 is 0 Å². The predicted octanol–water partition coefficient (Wildman–Crippen LogP) is 2.35. The topological polar surface area (TPSA) is 15.3 Å². The lowest BCUT2D eigenvalue weighted by molar-refractivity contribution is 0.156. The summed E-state index contributed by atoms with van der Waals surface area (Å²) in [5, 5.41) is 3.21. The highest BCUT2D eigenvalue weighted by Crippen LogP contribution is 2.24. The third kappa shape index (κ3) is 4.98. The summed E-state index contributed by atoms with van der Waals surface area (Å²) in [5.41, 5.74) is 0. The molecule has 1 aliphatic heterocycles. The molecule has 0 aromatic carbocycles. The summed E-state index contributed by atoms with van der Waals surface area (Å²) in [7, 11) is 2.04. The van der Waals surface area contributed by atoms with Crippen LogP contribution in [0.2, 0.25) is 0 Å². The van der Waals surface area contributed by atoms with E-state index in [-0.39, 0.29) is 0 Å². The molecule has 1 N–H and O–H groups in total. The van der Waals surface area contributed by atoms with E-state index >= 15 is 0 Å². The van der Waals surface area contributed by atoms with Crippen LogP contribution in [0.15, 0.2) is 0 Å². The number of hydrogen-bond acceptors (Lipinski definition) is 2. The smallest absolute Gasteiger partial charge is 0.00160 e. The lowest BCUT2D eigenvalue weighted by atomic mass is 9.87. The van der Waals surface area contributed by atoms with Gasteiger partial charge in [0.1, 0.15) is 0 Å². The zero-order valence-electron chi connectivity index (χ0n) is 10.8. The Kier molecular flexibility index (Phi) is 6.26. The molecule has 0 aromatic heterocycles. The Bertz CT molecular complexity index is 149. The second-order valence-electron chi connectivity index (χ2n) is 5.23. The van der Waals surface area contributed by atoms with Crippen LogP contribution in [0, 0.1) is 11.8 Å². The first kappa shape index (κ1) is 13.0. The van der Waals surface area contributed by atoms with Gasteiger partial charge in [-0.25, -0.2) is 0 Å². The molecule has 0 saturated carbocycles. The van der Waals surface area contributed by atoms with E-state index in [4.69, 9.17) is 0 Å². The molecule has 0 spiro atoms. The van der Waals surface area contributed by atoms with Crippen LogP contribution in [-0.2, 0) is 0 Å². The molecule has 0 unspecified atom stereocenters. The fraction of sp³-hybridized carbons (Fsp3) is 1.00. The normalized spacial score (nSPS) is 20.0. The summed E-state index contributed by atoms with van der Waals surface area (Å²) in [4.78, 5) is 2.65. The van der Waals surface area contributed by atoms with Crippen molar-refractivity contribution in [2.45, 2.75) is 39.5 Å². The number of likely N-dealkylation sites (tertiary alicyclic amines) is 1. The number of nitrogens with zero attached hydrogens (tertiary/aromatic N) is 1. The summed E-state index contributed by atoms with van der Waals surface area (Å²) < 4.78 is 0. The lowest BCUT2D eigenvalue weighted by Gasteiger charge is -2.33. The highest BCUT2D eigenvalue weighted by atomic mass is 15.1. The Morgan fingerprint density at radius 3 is 2.40 bits per heavy atom. The molecule has 2 heteroatoms. The molecule has 0 amide bonds. The Morgan fingerprint density at radius 1 is 1.20 bits per heavy atom. The van der Waals surface area contributed by atoms with Gasteiger partial charge in [-0.1, -0.05) is 13.8 Å². The molecule has 0 aliphatic carbocycles. The van der Waals surface area contributed by atoms with Crippen LogP contribution in [0.1, 0.15) is 39.5 Å². The average Bonchev–Trinajstić information content (AvgIpc) is 2.25. The second kappa shape index (κ2) is 7.24. The van der Waals surface area contributed by atoms with Gasteiger partial charge in [-0.3, -0.25) is 0 Å². The van der Waals surface area contributed by atoms with Gasteiger partial charge in [-0.15, -0.1) is 0 Å². The maximum absolute atomic E-state index is 3.21. The fourth-order valence-corrected chi connectivity index (χ4v) is 2.48. The minimum atomic E-state index is 0.886. The van der Waals surface area contributed by atoms with E-state index in [2.05, 4.69) is 24.1 Å². The largest absolute Gasteiger partial charge is 0.320 e. The van der Waals surface area contributed by atoms with E-state index in [9.17, 15) is 0 Å². The molecule has 1 fully saturated rings. The molecule has 1 aliphatic rings. The van der Waals surface area contributed by atoms with Crippen molar-refractivity contribution in [3.8, 4) is 0 Å². The first-order valence-corrected chi connectivity index (χ1v) is 6.61. The average molecular weight is 212 g/mol. The van der Waals surface area contributed by atoms with Crippen molar-refractivity contribution in [3.05, 3.63) is 0 Å². The number of nitrogens with one attached hydrogen (secondary N) is 1. The van der Waals surface area contributed by atoms with Gasteiger partial charge in [-0.05, 0) is 70.7 Å². The van der Waals surface area contributed by atoms with Crippen molar-refractivity contribution >= 4 is 0 Å². The Morgan fingerprint density at radius 2 is 1.87 bits per heavy atom. The number of hydrogen-bond donors (Lipinski definition) is 1. The lowest BCUT2D eigenvalue weighted by Crippen LogP contribution is -2.36. The molecule has 1 saturated heterocycles. The first-order chi connectivity index (χ1) is 7.24. The standard InChI is InChI=1S/C13H28N2/c1-12(2)13-6-10-15(11-7-13)9-5-4-8-14-3/h12-14H,4-11H2,1-3H3. The van der Waals surface area contributed by atoms with Crippen molar-refractivity contribution in [2.75, 3.05) is 33.2 Å². The van der Waals surface area contributed by atoms with Gasteiger partial charge in [0, 0.05) is 0 Å². The number of unbranched alkanes of at least 4 members (excludes halogenated alkanes) is 1. The highest BCUT2D eigenvalue weighted by molar-refractivity contribution is 4.74. The van der Waals surface area contributed by atoms with E-state index in [0.29, 0.717) is 0 Å². The van der Waals surface area contributed by atoms with Crippen LogP contribution in [0.4, 0.5) is 0 Å². The van der Waals surface area contributed by atoms with Crippen molar-refractivity contribution < 1.29 is 0 Å². The van der Waals surface area contributed by atoms with Crippen molar-refractivity contribution in [3.63, 3.8) is 0 Å². The monoisotopic (exact) mass is 212 g/mol. The summed E-state index contributed by atoms with van der Waals surface area (Å²) in [6.07, 6.45) is 5.52. The van der Waals surface area contributed by atoms with E-state index < -0.39 is 0 Å². The predicted molar refractivity (Wildman–Crippen MR) is 67.2 cm³/mol. The van der Waals surface area contributed by atoms with Crippen LogP contribution >= 0.6 is 0 Å². The van der Waals surface area contributed by atoms with Gasteiger partial charge in [0.2, 0.25) is 0 Å². The second-order valence-corrected chi connectivity index (χ2v) is 5.23.